The van der Waals surface area contributed by atoms with Gasteiger partial charge in [-0.3, -0.25) is 0 Å². The van der Waals surface area contributed by atoms with Crippen LogP contribution in [0.2, 0.25) is 0 Å². The maximum atomic E-state index is 4.64. The lowest BCUT2D eigenvalue weighted by Crippen LogP contribution is -2.18. The molecular weight excluding hydrogens is 248 g/mol. The van der Waals surface area contributed by atoms with E-state index in [0.717, 1.165) is 36.0 Å². The smallest absolute Gasteiger partial charge is 0.134 e. The number of rotatable bonds is 9. The third-order valence-electron chi connectivity index (χ3n) is 3.48. The number of hydrogen-bond donors (Lipinski definition) is 2. The molecule has 1 heterocycles. The Labute approximate surface area is 123 Å². The average molecular weight is 278 g/mol. The quantitative estimate of drug-likeness (QED) is 0.666. The van der Waals surface area contributed by atoms with Gasteiger partial charge in [0, 0.05) is 24.6 Å². The molecule has 114 valence electrons. The summed E-state index contributed by atoms with van der Waals surface area (Å²) in [7, 11) is 0. The Balaban J connectivity index is 2.79. The van der Waals surface area contributed by atoms with E-state index in [-0.39, 0.29) is 0 Å². The molecule has 1 aromatic rings. The highest BCUT2D eigenvalue weighted by Crippen LogP contribution is 2.21. The van der Waals surface area contributed by atoms with Gasteiger partial charge in [0.1, 0.15) is 17.5 Å². The highest BCUT2D eigenvalue weighted by molar-refractivity contribution is 5.57. The van der Waals surface area contributed by atoms with Gasteiger partial charge < -0.3 is 10.6 Å². The Morgan fingerprint density at radius 2 is 1.75 bits per heavy atom. The lowest BCUT2D eigenvalue weighted by atomic mass is 10.1. The summed E-state index contributed by atoms with van der Waals surface area (Å²) in [5, 5.41) is 6.88. The molecule has 0 saturated heterocycles. The van der Waals surface area contributed by atoms with Crippen molar-refractivity contribution >= 4 is 11.6 Å². The molecule has 1 atom stereocenters. The molecule has 0 spiro atoms. The maximum Gasteiger partial charge on any atom is 0.134 e. The van der Waals surface area contributed by atoms with Gasteiger partial charge in [-0.05, 0) is 27.2 Å². The fraction of sp³-hybridized carbons (Fsp3) is 0.750. The Morgan fingerprint density at radius 1 is 1.05 bits per heavy atom. The molecule has 1 aromatic heterocycles. The fourth-order valence-corrected chi connectivity index (χ4v) is 2.21. The molecule has 0 fully saturated rings. The lowest BCUT2D eigenvalue weighted by Gasteiger charge is -2.18. The van der Waals surface area contributed by atoms with E-state index in [9.17, 15) is 0 Å². The number of aryl methyl sites for hydroxylation is 1. The van der Waals surface area contributed by atoms with Crippen LogP contribution in [0.1, 0.15) is 64.8 Å². The van der Waals surface area contributed by atoms with Gasteiger partial charge in [0.05, 0.1) is 0 Å². The standard InChI is InChI=1S/C16H30N4/c1-6-9-10-11-12(4)18-16-13(5)15(17-8-3)19-14(7-2)20-16/h12H,6-11H2,1-5H3,(H2,17,18,19,20). The Bertz CT molecular complexity index is 404. The minimum atomic E-state index is 0.453. The molecule has 0 aliphatic rings. The summed E-state index contributed by atoms with van der Waals surface area (Å²) in [5.74, 6) is 2.84. The van der Waals surface area contributed by atoms with Crippen LogP contribution in [-0.2, 0) is 6.42 Å². The normalized spacial score (nSPS) is 12.2. The van der Waals surface area contributed by atoms with Crippen molar-refractivity contribution < 1.29 is 0 Å². The van der Waals surface area contributed by atoms with Crippen molar-refractivity contribution in [2.45, 2.75) is 72.8 Å². The average Bonchev–Trinajstić information content (AvgIpc) is 2.43. The molecule has 0 aromatic carbocycles. The molecule has 4 heteroatoms. The molecule has 0 radical (unpaired) electrons. The van der Waals surface area contributed by atoms with E-state index in [1.165, 1.54) is 25.7 Å². The highest BCUT2D eigenvalue weighted by Gasteiger charge is 2.11. The van der Waals surface area contributed by atoms with Crippen LogP contribution in [-0.4, -0.2) is 22.6 Å². The van der Waals surface area contributed by atoms with Crippen LogP contribution < -0.4 is 10.6 Å². The largest absolute Gasteiger partial charge is 0.370 e. The Morgan fingerprint density at radius 3 is 2.35 bits per heavy atom. The molecular formula is C16H30N4. The SMILES string of the molecule is CCCCCC(C)Nc1nc(CC)nc(NCC)c1C. The van der Waals surface area contributed by atoms with Gasteiger partial charge in [0.25, 0.3) is 0 Å². The zero-order valence-electron chi connectivity index (χ0n) is 13.7. The first-order valence-corrected chi connectivity index (χ1v) is 8.00. The molecule has 0 saturated carbocycles. The summed E-state index contributed by atoms with van der Waals surface area (Å²) < 4.78 is 0. The van der Waals surface area contributed by atoms with Crippen LogP contribution in [0.15, 0.2) is 0 Å². The van der Waals surface area contributed by atoms with Gasteiger partial charge in [-0.25, -0.2) is 9.97 Å². The second-order valence-electron chi connectivity index (χ2n) is 5.39. The lowest BCUT2D eigenvalue weighted by molar-refractivity contribution is 0.613. The van der Waals surface area contributed by atoms with Crippen LogP contribution >= 0.6 is 0 Å². The molecule has 20 heavy (non-hydrogen) atoms. The maximum absolute atomic E-state index is 4.64. The van der Waals surface area contributed by atoms with Crippen LogP contribution in [0, 0.1) is 6.92 Å². The third kappa shape index (κ3) is 4.99. The zero-order valence-corrected chi connectivity index (χ0v) is 13.7. The summed E-state index contributed by atoms with van der Waals surface area (Å²) in [6.45, 7) is 11.6. The van der Waals surface area contributed by atoms with Gasteiger partial charge in [0.2, 0.25) is 0 Å². The second kappa shape index (κ2) is 8.77. The van der Waals surface area contributed by atoms with Gasteiger partial charge in [-0.1, -0.05) is 33.1 Å². The van der Waals surface area contributed by atoms with Crippen LogP contribution in [0.5, 0.6) is 0 Å². The topological polar surface area (TPSA) is 49.8 Å². The number of unbranched alkanes of at least 4 members (excludes halogenated alkanes) is 2. The molecule has 0 amide bonds. The number of aromatic nitrogens is 2. The van der Waals surface area contributed by atoms with E-state index in [1.54, 1.807) is 0 Å². The molecule has 0 bridgehead atoms. The zero-order chi connectivity index (χ0) is 15.0. The summed E-state index contributed by atoms with van der Waals surface area (Å²) in [5.41, 5.74) is 1.12. The highest BCUT2D eigenvalue weighted by atomic mass is 15.1. The summed E-state index contributed by atoms with van der Waals surface area (Å²) in [6, 6.07) is 0.453. The molecule has 0 aliphatic carbocycles. The van der Waals surface area contributed by atoms with Crippen molar-refractivity contribution in [1.29, 1.82) is 0 Å². The Kier molecular flexibility index (Phi) is 7.34. The molecule has 0 aliphatic heterocycles. The molecule has 4 nitrogen and oxygen atoms in total. The summed E-state index contributed by atoms with van der Waals surface area (Å²) in [4.78, 5) is 9.20. The monoisotopic (exact) mass is 278 g/mol. The van der Waals surface area contributed by atoms with Gasteiger partial charge >= 0.3 is 0 Å². The van der Waals surface area contributed by atoms with Gasteiger partial charge in [-0.2, -0.15) is 0 Å². The predicted octanol–water partition coefficient (Wildman–Crippen LogP) is 4.16. The van der Waals surface area contributed by atoms with Crippen molar-refractivity contribution in [3.05, 3.63) is 11.4 Å². The second-order valence-corrected chi connectivity index (χ2v) is 5.39. The van der Waals surface area contributed by atoms with Crippen molar-refractivity contribution in [2.75, 3.05) is 17.2 Å². The number of nitrogens with one attached hydrogen (secondary N) is 2. The minimum absolute atomic E-state index is 0.453. The molecule has 1 unspecified atom stereocenters. The van der Waals surface area contributed by atoms with E-state index < -0.39 is 0 Å². The van der Waals surface area contributed by atoms with Crippen LogP contribution in [0.4, 0.5) is 11.6 Å². The number of hydrogen-bond acceptors (Lipinski definition) is 4. The van der Waals surface area contributed by atoms with E-state index in [0.29, 0.717) is 6.04 Å². The van der Waals surface area contributed by atoms with Crippen molar-refractivity contribution in [1.82, 2.24) is 9.97 Å². The Hall–Kier alpha value is -1.32. The van der Waals surface area contributed by atoms with E-state index in [1.807, 2.05) is 0 Å². The number of nitrogens with zero attached hydrogens (tertiary/aromatic N) is 2. The van der Waals surface area contributed by atoms with Crippen molar-refractivity contribution in [2.24, 2.45) is 0 Å². The molecule has 2 N–H and O–H groups in total. The minimum Gasteiger partial charge on any atom is -0.370 e. The first-order chi connectivity index (χ1) is 9.62. The van der Waals surface area contributed by atoms with E-state index in [4.69, 9.17) is 0 Å². The van der Waals surface area contributed by atoms with Crippen LogP contribution in [0.25, 0.3) is 0 Å². The van der Waals surface area contributed by atoms with Crippen LogP contribution in [0.3, 0.4) is 0 Å². The predicted molar refractivity (Wildman–Crippen MR) is 87.5 cm³/mol. The third-order valence-corrected chi connectivity index (χ3v) is 3.48. The van der Waals surface area contributed by atoms with Gasteiger partial charge in [0.15, 0.2) is 0 Å². The molecule has 1 rings (SSSR count). The van der Waals surface area contributed by atoms with E-state index >= 15 is 0 Å². The van der Waals surface area contributed by atoms with Crippen molar-refractivity contribution in [3.8, 4) is 0 Å². The summed E-state index contributed by atoms with van der Waals surface area (Å²) >= 11 is 0. The number of anilines is 2. The first-order valence-electron chi connectivity index (χ1n) is 8.00. The van der Waals surface area contributed by atoms with Crippen molar-refractivity contribution in [3.63, 3.8) is 0 Å². The summed E-state index contributed by atoms with van der Waals surface area (Å²) in [6.07, 6.45) is 5.89. The van der Waals surface area contributed by atoms with E-state index in [2.05, 4.69) is 55.2 Å². The first kappa shape index (κ1) is 16.7. The van der Waals surface area contributed by atoms with Gasteiger partial charge in [-0.15, -0.1) is 0 Å². The fourth-order valence-electron chi connectivity index (χ4n) is 2.21.